The van der Waals surface area contributed by atoms with Crippen LogP contribution in [0.15, 0.2) is 11.9 Å². The van der Waals surface area contributed by atoms with Gasteiger partial charge < -0.3 is 0 Å². The van der Waals surface area contributed by atoms with E-state index in [1.807, 2.05) is 0 Å². The van der Waals surface area contributed by atoms with Crippen LogP contribution in [0.3, 0.4) is 0 Å². The van der Waals surface area contributed by atoms with Crippen LogP contribution in [-0.2, 0) is 5.92 Å². The van der Waals surface area contributed by atoms with Crippen molar-refractivity contribution in [1.82, 2.24) is 0 Å². The number of allylic oxidation sites excluding steroid dienone is 1. The maximum Gasteiger partial charge on any atom is 0.335 e. The monoisotopic (exact) mass is 358 g/mol. The number of hydrogen-bond acceptors (Lipinski definition) is 1. The Labute approximate surface area is 120 Å². The fraction of sp³-hybridized carbons (Fsp3) is 0.100. The van der Waals surface area contributed by atoms with E-state index in [0.29, 0.717) is 0 Å². The van der Waals surface area contributed by atoms with Crippen molar-refractivity contribution in [2.24, 2.45) is 0 Å². The molecule has 0 N–H and O–H groups in total. The van der Waals surface area contributed by atoms with Gasteiger partial charge in [0.15, 0.2) is 23.3 Å². The number of thiocarbonyl (C=S) groups is 1. The van der Waals surface area contributed by atoms with Crippen molar-refractivity contribution in [2.45, 2.75) is 5.92 Å². The van der Waals surface area contributed by atoms with Gasteiger partial charge >= 0.3 is 12.0 Å². The van der Waals surface area contributed by atoms with Crippen molar-refractivity contribution in [3.8, 4) is 0 Å². The molecule has 11 heteroatoms. The van der Waals surface area contributed by atoms with Crippen LogP contribution in [0.4, 0.5) is 39.5 Å². The standard InChI is InChI=1S/C10ClF9S/c11-8(21)1-3(12)5(14)2(6(15)4(1)13)10(19,20)7(16)9(17)18. The van der Waals surface area contributed by atoms with E-state index in [1.54, 1.807) is 0 Å². The second-order valence-corrected chi connectivity index (χ2v) is 4.44. The lowest BCUT2D eigenvalue weighted by Gasteiger charge is -2.17. The highest BCUT2D eigenvalue weighted by molar-refractivity contribution is 7.83. The first-order valence-corrected chi connectivity index (χ1v) is 5.38. The van der Waals surface area contributed by atoms with Gasteiger partial charge in [-0.05, 0) is 0 Å². The second-order valence-electron chi connectivity index (χ2n) is 3.43. The minimum atomic E-state index is -5.64. The van der Waals surface area contributed by atoms with Crippen LogP contribution in [0, 0.1) is 23.3 Å². The highest BCUT2D eigenvalue weighted by atomic mass is 35.5. The Morgan fingerprint density at radius 2 is 1.24 bits per heavy atom. The van der Waals surface area contributed by atoms with Gasteiger partial charge in [0.1, 0.15) is 9.89 Å². The molecule has 0 aliphatic carbocycles. The molecule has 0 saturated carbocycles. The largest absolute Gasteiger partial charge is 0.335 e. The highest BCUT2D eigenvalue weighted by Gasteiger charge is 2.48. The van der Waals surface area contributed by atoms with Crippen molar-refractivity contribution in [1.29, 1.82) is 0 Å². The molecule has 0 fully saturated rings. The van der Waals surface area contributed by atoms with Gasteiger partial charge in [-0.15, -0.1) is 0 Å². The molecule has 0 radical (unpaired) electrons. The number of halogens is 10. The van der Waals surface area contributed by atoms with Crippen LogP contribution in [0.2, 0.25) is 0 Å². The lowest BCUT2D eigenvalue weighted by atomic mass is 10.0. The Hall–Kier alpha value is -1.29. The Kier molecular flexibility index (Phi) is 4.94. The van der Waals surface area contributed by atoms with Gasteiger partial charge in [0.05, 0.1) is 5.56 Å². The normalized spacial score (nSPS) is 11.5. The lowest BCUT2D eigenvalue weighted by molar-refractivity contribution is -0.00225. The summed E-state index contributed by atoms with van der Waals surface area (Å²) < 4.78 is 115. The van der Waals surface area contributed by atoms with Crippen LogP contribution in [0.1, 0.15) is 11.1 Å². The Morgan fingerprint density at radius 1 is 0.857 bits per heavy atom. The molecule has 116 valence electrons. The van der Waals surface area contributed by atoms with Crippen LogP contribution >= 0.6 is 23.8 Å². The molecule has 0 bridgehead atoms. The Bertz CT molecular complexity index is 619. The molecule has 0 unspecified atom stereocenters. The first-order valence-electron chi connectivity index (χ1n) is 4.59. The summed E-state index contributed by atoms with van der Waals surface area (Å²) in [5, 5.41) is 0. The average Bonchev–Trinajstić information content (AvgIpc) is 2.35. The topological polar surface area (TPSA) is 0 Å². The molecule has 1 aromatic rings. The number of hydrogen-bond donors (Lipinski definition) is 0. The molecule has 0 heterocycles. The van der Waals surface area contributed by atoms with E-state index < -0.39 is 56.5 Å². The van der Waals surface area contributed by atoms with Gasteiger partial charge in [-0.1, -0.05) is 23.8 Å². The van der Waals surface area contributed by atoms with Gasteiger partial charge in [0.2, 0.25) is 5.83 Å². The molecular formula is C10ClF9S. The molecule has 0 aliphatic heterocycles. The van der Waals surface area contributed by atoms with E-state index in [9.17, 15) is 39.5 Å². The third-order valence-corrected chi connectivity index (χ3v) is 2.61. The third kappa shape index (κ3) is 2.86. The maximum absolute atomic E-state index is 13.4. The van der Waals surface area contributed by atoms with Crippen LogP contribution < -0.4 is 0 Å². The summed E-state index contributed by atoms with van der Waals surface area (Å²) >= 11 is 9.01. The maximum atomic E-state index is 13.4. The minimum Gasteiger partial charge on any atom is -0.203 e. The number of rotatable bonds is 3. The van der Waals surface area contributed by atoms with E-state index in [4.69, 9.17) is 11.6 Å². The first-order chi connectivity index (χ1) is 9.44. The number of alkyl halides is 2. The molecule has 0 atom stereocenters. The molecular weight excluding hydrogens is 359 g/mol. The van der Waals surface area contributed by atoms with E-state index >= 15 is 0 Å². The quantitative estimate of drug-likeness (QED) is 0.305. The van der Waals surface area contributed by atoms with Crippen molar-refractivity contribution in [2.75, 3.05) is 0 Å². The Morgan fingerprint density at radius 3 is 1.52 bits per heavy atom. The van der Waals surface area contributed by atoms with Gasteiger partial charge in [0.25, 0.3) is 0 Å². The number of benzene rings is 1. The fourth-order valence-electron chi connectivity index (χ4n) is 1.31. The van der Waals surface area contributed by atoms with Gasteiger partial charge in [0, 0.05) is 0 Å². The SMILES string of the molecule is FC(F)=C(F)C(F)(F)c1c(F)c(F)c(C(=S)Cl)c(F)c1F. The molecule has 21 heavy (non-hydrogen) atoms. The Balaban J connectivity index is 3.84. The van der Waals surface area contributed by atoms with Crippen molar-refractivity contribution in [3.05, 3.63) is 46.3 Å². The molecule has 0 aliphatic rings. The van der Waals surface area contributed by atoms with E-state index in [-0.39, 0.29) is 0 Å². The highest BCUT2D eigenvalue weighted by Crippen LogP contribution is 2.43. The second kappa shape index (κ2) is 5.84. The van der Waals surface area contributed by atoms with Gasteiger partial charge in [-0.25, -0.2) is 17.6 Å². The molecule has 1 aromatic carbocycles. The molecule has 0 spiro atoms. The van der Waals surface area contributed by atoms with Crippen LogP contribution in [0.25, 0.3) is 0 Å². The lowest BCUT2D eigenvalue weighted by Crippen LogP contribution is -2.23. The fourth-order valence-corrected chi connectivity index (χ4v) is 1.65. The van der Waals surface area contributed by atoms with E-state index in [1.165, 1.54) is 0 Å². The van der Waals surface area contributed by atoms with E-state index in [2.05, 4.69) is 12.2 Å². The van der Waals surface area contributed by atoms with Crippen LogP contribution in [0.5, 0.6) is 0 Å². The zero-order chi connectivity index (χ0) is 16.7. The summed E-state index contributed by atoms with van der Waals surface area (Å²) in [6.45, 7) is 0. The van der Waals surface area contributed by atoms with Gasteiger partial charge in [-0.2, -0.15) is 22.0 Å². The molecule has 0 aromatic heterocycles. The van der Waals surface area contributed by atoms with Crippen molar-refractivity contribution in [3.63, 3.8) is 0 Å². The summed E-state index contributed by atoms with van der Waals surface area (Å²) in [6.07, 6.45) is -3.61. The predicted molar refractivity (Wildman–Crippen MR) is 58.1 cm³/mol. The molecule has 0 amide bonds. The smallest absolute Gasteiger partial charge is 0.203 e. The van der Waals surface area contributed by atoms with E-state index in [0.717, 1.165) is 0 Å². The third-order valence-electron chi connectivity index (χ3n) is 2.22. The molecule has 0 saturated heterocycles. The first kappa shape index (κ1) is 17.8. The minimum absolute atomic E-state index is 1.25. The zero-order valence-electron chi connectivity index (χ0n) is 9.19. The average molecular weight is 359 g/mol. The van der Waals surface area contributed by atoms with Gasteiger partial charge in [-0.3, -0.25) is 0 Å². The summed E-state index contributed by atoms with van der Waals surface area (Å²) in [5.41, 5.74) is -4.55. The summed E-state index contributed by atoms with van der Waals surface area (Å²) in [4.78, 5) is 0. The predicted octanol–water partition coefficient (Wildman–Crippen LogP) is 5.33. The molecule has 1 rings (SSSR count). The van der Waals surface area contributed by atoms with Crippen molar-refractivity contribution >= 4 is 28.1 Å². The zero-order valence-corrected chi connectivity index (χ0v) is 10.8. The van der Waals surface area contributed by atoms with Crippen molar-refractivity contribution < 1.29 is 39.5 Å². The summed E-state index contributed by atoms with van der Waals surface area (Å²) in [7, 11) is 0. The summed E-state index contributed by atoms with van der Waals surface area (Å²) in [5.74, 6) is -19.7. The van der Waals surface area contributed by atoms with Crippen LogP contribution in [-0.4, -0.2) is 4.32 Å². The molecule has 0 nitrogen and oxygen atoms in total. The summed E-state index contributed by atoms with van der Waals surface area (Å²) in [6, 6.07) is 0.